The Balaban J connectivity index is 1.47. The van der Waals surface area contributed by atoms with Crippen LogP contribution in [0, 0.1) is 11.8 Å². The molecular formula is C25H22N2O2. The van der Waals surface area contributed by atoms with E-state index in [0.29, 0.717) is 6.42 Å². The van der Waals surface area contributed by atoms with Crippen LogP contribution in [0.2, 0.25) is 0 Å². The number of amides is 2. The minimum atomic E-state index is -0.110. The molecule has 0 spiro atoms. The molecule has 0 atom stereocenters. The molecule has 144 valence electrons. The van der Waals surface area contributed by atoms with Gasteiger partial charge in [-0.15, -0.1) is 0 Å². The van der Waals surface area contributed by atoms with Crippen LogP contribution in [0.1, 0.15) is 18.1 Å². The average Bonchev–Trinajstić information content (AvgIpc) is 2.73. The van der Waals surface area contributed by atoms with Crippen LogP contribution >= 0.6 is 0 Å². The normalized spacial score (nSPS) is 9.83. The maximum Gasteiger partial charge on any atom is 0.225 e. The molecule has 0 aliphatic carbocycles. The van der Waals surface area contributed by atoms with Crippen molar-refractivity contribution in [1.29, 1.82) is 0 Å². The van der Waals surface area contributed by atoms with Crippen LogP contribution in [0.3, 0.4) is 0 Å². The molecule has 4 heteroatoms. The number of carbonyl (C=O) groups is 2. The van der Waals surface area contributed by atoms with Crippen LogP contribution in [-0.2, 0) is 16.0 Å². The van der Waals surface area contributed by atoms with Gasteiger partial charge in [-0.3, -0.25) is 9.59 Å². The van der Waals surface area contributed by atoms with Gasteiger partial charge in [-0.1, -0.05) is 66.4 Å². The van der Waals surface area contributed by atoms with Gasteiger partial charge in [0.25, 0.3) is 0 Å². The molecule has 0 saturated heterocycles. The van der Waals surface area contributed by atoms with Crippen molar-refractivity contribution in [3.8, 4) is 23.0 Å². The molecule has 3 aromatic rings. The fourth-order valence-corrected chi connectivity index (χ4v) is 2.82. The molecule has 0 heterocycles. The van der Waals surface area contributed by atoms with Crippen LogP contribution in [0.5, 0.6) is 0 Å². The Morgan fingerprint density at radius 3 is 2.14 bits per heavy atom. The number of anilines is 1. The van der Waals surface area contributed by atoms with E-state index >= 15 is 0 Å². The third-order valence-electron chi connectivity index (χ3n) is 4.24. The Bertz CT molecular complexity index is 1030. The molecule has 0 aliphatic heterocycles. The smallest absolute Gasteiger partial charge is 0.225 e. The molecule has 0 unspecified atom stereocenters. The van der Waals surface area contributed by atoms with Gasteiger partial charge in [0, 0.05) is 18.2 Å². The Morgan fingerprint density at radius 1 is 0.828 bits per heavy atom. The van der Waals surface area contributed by atoms with E-state index in [1.165, 1.54) is 6.92 Å². The second kappa shape index (κ2) is 9.91. The zero-order valence-corrected chi connectivity index (χ0v) is 16.2. The first-order valence-electron chi connectivity index (χ1n) is 9.38. The lowest BCUT2D eigenvalue weighted by atomic mass is 10.0. The molecule has 4 nitrogen and oxygen atoms in total. The highest BCUT2D eigenvalue weighted by Gasteiger charge is 2.03. The summed E-state index contributed by atoms with van der Waals surface area (Å²) in [5, 5.41) is 5.52. The second-order valence-corrected chi connectivity index (χ2v) is 6.58. The molecule has 3 aromatic carbocycles. The third kappa shape index (κ3) is 6.37. The summed E-state index contributed by atoms with van der Waals surface area (Å²) in [6.45, 7) is 1.75. The van der Waals surface area contributed by atoms with Gasteiger partial charge < -0.3 is 10.6 Å². The molecule has 0 bridgehead atoms. The van der Waals surface area contributed by atoms with Crippen molar-refractivity contribution in [2.45, 2.75) is 13.3 Å². The van der Waals surface area contributed by atoms with Crippen molar-refractivity contribution < 1.29 is 9.59 Å². The number of hydrogen-bond donors (Lipinski definition) is 2. The molecule has 0 aliphatic rings. The van der Waals surface area contributed by atoms with E-state index in [0.717, 1.165) is 27.9 Å². The van der Waals surface area contributed by atoms with E-state index in [1.54, 1.807) is 12.1 Å². The molecule has 29 heavy (non-hydrogen) atoms. The largest absolute Gasteiger partial charge is 0.345 e. The van der Waals surface area contributed by atoms with E-state index in [1.807, 2.05) is 54.6 Å². The van der Waals surface area contributed by atoms with Crippen molar-refractivity contribution in [2.24, 2.45) is 0 Å². The summed E-state index contributed by atoms with van der Waals surface area (Å²) in [4.78, 5) is 23.1. The molecule has 0 fully saturated rings. The lowest BCUT2D eigenvalue weighted by Crippen LogP contribution is -2.25. The standard InChI is InChI=1S/C25H22N2O2/c1-19(28)27-24-15-11-20(12-16-24)6-5-17-26-25(29)18-21-9-13-23(14-10-21)22-7-3-2-4-8-22/h2-4,7-16H,17-18H2,1H3,(H,26,29)(H,27,28). The van der Waals surface area contributed by atoms with E-state index in [9.17, 15) is 9.59 Å². The molecule has 2 amide bonds. The number of nitrogens with one attached hydrogen (secondary N) is 2. The summed E-state index contributed by atoms with van der Waals surface area (Å²) in [6.07, 6.45) is 0.322. The lowest BCUT2D eigenvalue weighted by molar-refractivity contribution is -0.120. The van der Waals surface area contributed by atoms with E-state index in [-0.39, 0.29) is 18.4 Å². The first kappa shape index (κ1) is 19.9. The molecule has 0 radical (unpaired) electrons. The van der Waals surface area contributed by atoms with Crippen molar-refractivity contribution in [3.05, 3.63) is 90.0 Å². The minimum absolute atomic E-state index is 0.0623. The zero-order valence-electron chi connectivity index (χ0n) is 16.2. The highest BCUT2D eigenvalue weighted by atomic mass is 16.2. The lowest BCUT2D eigenvalue weighted by Gasteiger charge is -2.05. The molecule has 0 saturated carbocycles. The zero-order chi connectivity index (χ0) is 20.5. The molecule has 0 aromatic heterocycles. The summed E-state index contributed by atoms with van der Waals surface area (Å²) in [5.74, 6) is 5.76. The molecule has 3 rings (SSSR count). The van der Waals surface area contributed by atoms with Gasteiger partial charge >= 0.3 is 0 Å². The van der Waals surface area contributed by atoms with E-state index < -0.39 is 0 Å². The Labute approximate surface area is 171 Å². The fraction of sp³-hybridized carbons (Fsp3) is 0.120. The minimum Gasteiger partial charge on any atom is -0.345 e. The number of hydrogen-bond acceptors (Lipinski definition) is 2. The van der Waals surface area contributed by atoms with Gasteiger partial charge in [0.1, 0.15) is 0 Å². The first-order valence-corrected chi connectivity index (χ1v) is 9.38. The monoisotopic (exact) mass is 382 g/mol. The topological polar surface area (TPSA) is 58.2 Å². The van der Waals surface area contributed by atoms with Crippen LogP contribution in [-0.4, -0.2) is 18.4 Å². The Morgan fingerprint density at radius 2 is 1.48 bits per heavy atom. The van der Waals surface area contributed by atoms with Crippen molar-refractivity contribution >= 4 is 17.5 Å². The summed E-state index contributed by atoms with van der Waals surface area (Å²) in [6, 6.07) is 25.4. The second-order valence-electron chi connectivity index (χ2n) is 6.58. The Kier molecular flexibility index (Phi) is 6.80. The fourth-order valence-electron chi connectivity index (χ4n) is 2.82. The predicted molar refractivity (Wildman–Crippen MR) is 116 cm³/mol. The van der Waals surface area contributed by atoms with E-state index in [2.05, 4.69) is 34.6 Å². The Hall–Kier alpha value is -3.84. The predicted octanol–water partition coefficient (Wildman–Crippen LogP) is 4.02. The van der Waals surface area contributed by atoms with Gasteiger partial charge in [-0.2, -0.15) is 0 Å². The summed E-state index contributed by atoms with van der Waals surface area (Å²) < 4.78 is 0. The van der Waals surface area contributed by atoms with Gasteiger partial charge in [0.15, 0.2) is 0 Å². The summed E-state index contributed by atoms with van der Waals surface area (Å²) >= 11 is 0. The quantitative estimate of drug-likeness (QED) is 0.655. The highest BCUT2D eigenvalue weighted by molar-refractivity contribution is 5.88. The van der Waals surface area contributed by atoms with E-state index in [4.69, 9.17) is 0 Å². The van der Waals surface area contributed by atoms with Gasteiger partial charge in [-0.05, 0) is 41.0 Å². The van der Waals surface area contributed by atoms with Crippen molar-refractivity contribution in [2.75, 3.05) is 11.9 Å². The third-order valence-corrected chi connectivity index (χ3v) is 4.24. The van der Waals surface area contributed by atoms with Gasteiger partial charge in [0.05, 0.1) is 13.0 Å². The SMILES string of the molecule is CC(=O)Nc1ccc(C#CCNC(=O)Cc2ccc(-c3ccccc3)cc2)cc1. The average molecular weight is 382 g/mol. The number of benzene rings is 3. The van der Waals surface area contributed by atoms with Crippen LogP contribution in [0.25, 0.3) is 11.1 Å². The van der Waals surface area contributed by atoms with Gasteiger partial charge in [0.2, 0.25) is 11.8 Å². The number of rotatable bonds is 5. The van der Waals surface area contributed by atoms with Crippen LogP contribution < -0.4 is 10.6 Å². The molecule has 2 N–H and O–H groups in total. The van der Waals surface area contributed by atoms with Crippen molar-refractivity contribution in [3.63, 3.8) is 0 Å². The highest BCUT2D eigenvalue weighted by Crippen LogP contribution is 2.19. The van der Waals surface area contributed by atoms with Crippen molar-refractivity contribution in [1.82, 2.24) is 5.32 Å². The van der Waals surface area contributed by atoms with Crippen LogP contribution in [0.4, 0.5) is 5.69 Å². The summed E-state index contributed by atoms with van der Waals surface area (Å²) in [5.41, 5.74) is 4.80. The van der Waals surface area contributed by atoms with Gasteiger partial charge in [-0.25, -0.2) is 0 Å². The summed E-state index contributed by atoms with van der Waals surface area (Å²) in [7, 11) is 0. The maximum absolute atomic E-state index is 12.1. The first-order chi connectivity index (χ1) is 14.1. The van der Waals surface area contributed by atoms with Crippen LogP contribution in [0.15, 0.2) is 78.9 Å². The molecular weight excluding hydrogens is 360 g/mol. The maximum atomic E-state index is 12.1. The number of carbonyl (C=O) groups excluding carboxylic acids is 2.